The molecular weight excluding hydrogens is 975 g/mol. The molecule has 2 aliphatic heterocycles. The fraction of sp³-hybridized carbons (Fsp3) is 0.256. The van der Waals surface area contributed by atoms with Crippen molar-refractivity contribution in [3.05, 3.63) is 94.2 Å². The summed E-state index contributed by atoms with van der Waals surface area (Å²) in [4.78, 5) is 9.60. The highest BCUT2D eigenvalue weighted by atomic mass is 79.9. The number of phenols is 1. The molecule has 0 spiro atoms. The number of nitrogens with zero attached hydrogens (tertiary/aromatic N) is 6. The maximum atomic E-state index is 10.6. The number of nitrogens with one attached hydrogen (secondary N) is 2. The molecule has 0 fully saturated rings. The maximum absolute atomic E-state index is 10.6. The molecule has 302 valence electrons. The third-order valence-electron chi connectivity index (χ3n) is 10.3. The van der Waals surface area contributed by atoms with Crippen molar-refractivity contribution in [1.82, 2.24) is 40.2 Å². The smallest absolute Gasteiger partial charge is 0.369 e. The lowest BCUT2D eigenvalue weighted by Gasteiger charge is -2.10. The standard InChI is InChI=1S/C22H22N4OS.C21H20N4OS.BBr3/c1-13-8-15(9-17-12-26(2)25-20(13)17)16-10-18(27-3)21-19(11-16)28-22(24-21)14-4-6-23-7-5-14;1-12-7-14(8-16-11-25(2)24-19(12)16)15-9-17(26)20-18(10-15)27-21(23-20)13-3-5-22-6-4-13;2-1(3)4/h4,8-12,23H,5-7H2,1-3H3;3,7-11,22,26H,4-6H2,1-2H3;. The molecule has 8 aromatic rings. The molecule has 0 saturated heterocycles. The fourth-order valence-corrected chi connectivity index (χ4v) is 9.79. The van der Waals surface area contributed by atoms with Gasteiger partial charge in [0.25, 0.3) is 0 Å². The van der Waals surface area contributed by atoms with Crippen molar-refractivity contribution in [3.63, 3.8) is 0 Å². The van der Waals surface area contributed by atoms with Crippen LogP contribution in [0.5, 0.6) is 11.5 Å². The van der Waals surface area contributed by atoms with Crippen molar-refractivity contribution in [3.8, 4) is 33.8 Å². The quantitative estimate of drug-likeness (QED) is 0.146. The molecule has 0 atom stereocenters. The van der Waals surface area contributed by atoms with Gasteiger partial charge in [-0.15, -0.1) is 69.9 Å². The van der Waals surface area contributed by atoms with Gasteiger partial charge in [-0.1, -0.05) is 12.2 Å². The Morgan fingerprint density at radius 1 is 0.661 bits per heavy atom. The summed E-state index contributed by atoms with van der Waals surface area (Å²) in [6.45, 7) is 7.97. The monoisotopic (exact) mass is 1010 g/mol. The molecule has 0 radical (unpaired) electrons. The normalized spacial score (nSPS) is 14.2. The minimum atomic E-state index is 0.239. The molecule has 10 nitrogen and oxygen atoms in total. The van der Waals surface area contributed by atoms with E-state index in [2.05, 4.69) is 143 Å². The van der Waals surface area contributed by atoms with Crippen LogP contribution in [0.15, 0.2) is 73.1 Å². The van der Waals surface area contributed by atoms with Gasteiger partial charge in [-0.3, -0.25) is 9.36 Å². The van der Waals surface area contributed by atoms with Crippen molar-refractivity contribution in [1.29, 1.82) is 0 Å². The van der Waals surface area contributed by atoms with Crippen LogP contribution in [-0.2, 0) is 14.1 Å². The molecule has 10 rings (SSSR count). The number of methoxy groups -OCH3 is 1. The van der Waals surface area contributed by atoms with Crippen LogP contribution in [0, 0.1) is 13.8 Å². The number of fused-ring (bicyclic) bond motifs is 4. The second-order valence-electron chi connectivity index (χ2n) is 14.6. The van der Waals surface area contributed by atoms with Crippen LogP contribution < -0.4 is 15.4 Å². The highest BCUT2D eigenvalue weighted by Crippen LogP contribution is 2.40. The predicted molar refractivity (Wildman–Crippen MR) is 260 cm³/mol. The molecule has 6 heterocycles. The van der Waals surface area contributed by atoms with E-state index < -0.39 is 0 Å². The van der Waals surface area contributed by atoms with E-state index >= 15 is 0 Å². The van der Waals surface area contributed by atoms with Gasteiger partial charge in [-0.25, -0.2) is 9.97 Å². The average Bonchev–Trinajstić information content (AvgIpc) is 4.02. The largest absolute Gasteiger partial charge is 0.506 e. The highest BCUT2D eigenvalue weighted by molar-refractivity contribution is 9.69. The summed E-state index contributed by atoms with van der Waals surface area (Å²) in [7, 11) is 5.62. The first-order valence-electron chi connectivity index (χ1n) is 19.2. The van der Waals surface area contributed by atoms with Gasteiger partial charge in [0, 0.05) is 50.4 Å². The third kappa shape index (κ3) is 9.24. The Bertz CT molecular complexity index is 2910. The van der Waals surface area contributed by atoms with Crippen molar-refractivity contribution < 1.29 is 9.84 Å². The summed E-state index contributed by atoms with van der Waals surface area (Å²) >= 11 is 12.7. The van der Waals surface area contributed by atoms with Crippen LogP contribution in [0.2, 0.25) is 0 Å². The SMILES string of the molecule is BrB(Br)Br.COc1cc(-c2cc(C)c3nn(C)cc3c2)cc2sc(C3=CCNCC3)nc12.Cc1cc(-c2cc(O)c3nc(C4=CCNCC4)sc3c2)cc2cn(C)nc12. The summed E-state index contributed by atoms with van der Waals surface area (Å²) < 4.78 is 11.9. The van der Waals surface area contributed by atoms with Crippen LogP contribution in [0.1, 0.15) is 34.0 Å². The van der Waals surface area contributed by atoms with E-state index in [1.807, 2.05) is 35.7 Å². The van der Waals surface area contributed by atoms with Gasteiger partial charge in [-0.2, -0.15) is 10.2 Å². The Morgan fingerprint density at radius 2 is 1.12 bits per heavy atom. The number of hydrogen-bond acceptors (Lipinski definition) is 10. The Morgan fingerprint density at radius 3 is 1.59 bits per heavy atom. The lowest BCUT2D eigenvalue weighted by Crippen LogP contribution is -2.19. The van der Waals surface area contributed by atoms with E-state index in [9.17, 15) is 5.11 Å². The van der Waals surface area contributed by atoms with Crippen molar-refractivity contribution in [2.24, 2.45) is 14.1 Å². The van der Waals surface area contributed by atoms with Gasteiger partial charge in [0.2, 0.25) is 0 Å². The zero-order valence-electron chi connectivity index (χ0n) is 33.2. The Balaban J connectivity index is 0.000000151. The molecule has 4 aromatic heterocycles. The second kappa shape index (κ2) is 18.0. The first kappa shape index (κ1) is 41.8. The van der Waals surface area contributed by atoms with Crippen LogP contribution in [0.4, 0.5) is 0 Å². The zero-order valence-corrected chi connectivity index (χ0v) is 39.6. The van der Waals surface area contributed by atoms with Crippen molar-refractivity contribution in [2.75, 3.05) is 33.3 Å². The molecule has 3 N–H and O–H groups in total. The summed E-state index contributed by atoms with van der Waals surface area (Å²) in [5, 5.41) is 30.7. The first-order valence-corrected chi connectivity index (χ1v) is 23.6. The molecule has 0 saturated carbocycles. The molecule has 0 aliphatic carbocycles. The van der Waals surface area contributed by atoms with E-state index in [1.165, 1.54) is 22.3 Å². The number of benzene rings is 4. The minimum absolute atomic E-state index is 0.239. The molecule has 59 heavy (non-hydrogen) atoms. The molecule has 4 aromatic carbocycles. The van der Waals surface area contributed by atoms with Crippen molar-refractivity contribution in [2.45, 2.75) is 26.7 Å². The van der Waals surface area contributed by atoms with Gasteiger partial charge in [0.05, 0.1) is 27.5 Å². The molecule has 16 heteroatoms. The van der Waals surface area contributed by atoms with Crippen LogP contribution >= 0.6 is 69.9 Å². The molecule has 0 unspecified atom stereocenters. The summed E-state index contributed by atoms with van der Waals surface area (Å²) in [6.07, 6.45) is 10.5. The minimum Gasteiger partial charge on any atom is -0.506 e. The van der Waals surface area contributed by atoms with Gasteiger partial charge < -0.3 is 20.5 Å². The van der Waals surface area contributed by atoms with E-state index in [4.69, 9.17) is 14.7 Å². The Hall–Kier alpha value is -3.90. The second-order valence-corrected chi connectivity index (χ2v) is 23.1. The lowest BCUT2D eigenvalue weighted by molar-refractivity contribution is 0.419. The number of ether oxygens (including phenoxy) is 1. The summed E-state index contributed by atoms with van der Waals surface area (Å²) in [5.74, 6) is 1.07. The summed E-state index contributed by atoms with van der Waals surface area (Å²) in [6, 6.07) is 17.0. The van der Waals surface area contributed by atoms with E-state index in [-0.39, 0.29) is 8.93 Å². The molecule has 0 bridgehead atoms. The number of hydrogen-bond donors (Lipinski definition) is 3. The highest BCUT2D eigenvalue weighted by Gasteiger charge is 2.18. The third-order valence-corrected chi connectivity index (χ3v) is 12.5. The number of aromatic nitrogens is 6. The Kier molecular flexibility index (Phi) is 12.7. The van der Waals surface area contributed by atoms with Gasteiger partial charge in [0.1, 0.15) is 32.5 Å². The number of phenolic OH excluding ortho intramolecular Hbond substituents is 1. The van der Waals surface area contributed by atoms with Crippen molar-refractivity contribution >= 4 is 127 Å². The van der Waals surface area contributed by atoms with E-state index in [0.717, 1.165) is 114 Å². The molecular formula is C43H42BBr3N8O2S2. The number of thiazole rings is 2. The van der Waals surface area contributed by atoms with Gasteiger partial charge in [0.15, 0.2) is 0 Å². The lowest BCUT2D eigenvalue weighted by atomic mass is 10.0. The topological polar surface area (TPSA) is 115 Å². The number of aryl methyl sites for hydroxylation is 4. The van der Waals surface area contributed by atoms with E-state index in [0.29, 0.717) is 5.52 Å². The van der Waals surface area contributed by atoms with E-state index in [1.54, 1.807) is 29.8 Å². The molecule has 0 amide bonds. The van der Waals surface area contributed by atoms with Crippen LogP contribution in [-0.4, -0.2) is 71.1 Å². The first-order chi connectivity index (χ1) is 28.4. The number of aromatic hydroxyl groups is 1. The average molecular weight is 1020 g/mol. The molecule has 2 aliphatic rings. The maximum Gasteiger partial charge on any atom is 0.369 e. The van der Waals surface area contributed by atoms with Crippen LogP contribution in [0.3, 0.4) is 0 Å². The zero-order chi connectivity index (χ0) is 41.4. The van der Waals surface area contributed by atoms with Gasteiger partial charge in [-0.05, 0) is 133 Å². The fourth-order valence-electron chi connectivity index (χ4n) is 7.60. The predicted octanol–water partition coefficient (Wildman–Crippen LogP) is 10.9. The summed E-state index contributed by atoms with van der Waals surface area (Å²) in [5.41, 5.74) is 13.0. The number of rotatable bonds is 5. The Labute approximate surface area is 375 Å². The van der Waals surface area contributed by atoms with Gasteiger partial charge >= 0.3 is 3.18 Å². The number of halogens is 3. The van der Waals surface area contributed by atoms with Crippen LogP contribution in [0.25, 0.3) is 75.6 Å².